The van der Waals surface area contributed by atoms with Crippen molar-refractivity contribution in [1.29, 1.82) is 0 Å². The molecule has 0 N–H and O–H groups in total. The van der Waals surface area contributed by atoms with Crippen molar-refractivity contribution in [2.45, 2.75) is 26.2 Å². The van der Waals surface area contributed by atoms with Crippen LogP contribution in [0.4, 0.5) is 0 Å². The Morgan fingerprint density at radius 2 is 1.81 bits per heavy atom. The Morgan fingerprint density at radius 3 is 2.50 bits per heavy atom. The molecule has 0 aliphatic rings. The van der Waals surface area contributed by atoms with Crippen molar-refractivity contribution in [2.75, 3.05) is 0 Å². The summed E-state index contributed by atoms with van der Waals surface area (Å²) in [6.07, 6.45) is 1.72. The van der Waals surface area contributed by atoms with Gasteiger partial charge in [-0.15, -0.1) is 5.10 Å². The predicted molar refractivity (Wildman–Crippen MR) is 129 cm³/mol. The van der Waals surface area contributed by atoms with Gasteiger partial charge in [0.1, 0.15) is 16.1 Å². The Balaban J connectivity index is 1.47. The molecule has 0 atom stereocenters. The molecule has 3 heterocycles. The number of benzene rings is 2. The normalized spacial score (nSPS) is 12.7. The number of fused-ring (bicyclic) bond motifs is 1. The fourth-order valence-electron chi connectivity index (χ4n) is 3.43. The van der Waals surface area contributed by atoms with Gasteiger partial charge in [0.2, 0.25) is 4.96 Å². The van der Waals surface area contributed by atoms with E-state index in [2.05, 4.69) is 43.0 Å². The predicted octanol–water partition coefficient (Wildman–Crippen LogP) is 5.58. The summed E-state index contributed by atoms with van der Waals surface area (Å²) in [5.74, 6) is 1.81. The van der Waals surface area contributed by atoms with E-state index in [1.165, 1.54) is 21.4 Å². The minimum Gasteiger partial charge on any atom is -0.457 e. The second kappa shape index (κ2) is 7.73. The highest BCUT2D eigenvalue weighted by Crippen LogP contribution is 2.26. The first-order valence-electron chi connectivity index (χ1n) is 10.2. The van der Waals surface area contributed by atoms with E-state index in [9.17, 15) is 4.79 Å². The number of aromatic nitrogens is 3. The summed E-state index contributed by atoms with van der Waals surface area (Å²) in [5, 5.41) is 5.08. The maximum Gasteiger partial charge on any atom is 0.291 e. The molecule has 3 aromatic heterocycles. The zero-order valence-corrected chi connectivity index (χ0v) is 19.4. The molecule has 5 rings (SSSR count). The molecule has 0 saturated carbocycles. The SMILES string of the molecule is CC(C)(C)c1ccc(-c2nc3sc(=Cc4ccc(-c5cccc(Cl)c5)o4)c(=O)n3n2)cc1. The molecule has 5 nitrogen and oxygen atoms in total. The van der Waals surface area contributed by atoms with Crippen LogP contribution in [0.1, 0.15) is 32.1 Å². The van der Waals surface area contributed by atoms with Gasteiger partial charge in [0.15, 0.2) is 5.82 Å². The van der Waals surface area contributed by atoms with Crippen LogP contribution < -0.4 is 10.1 Å². The third kappa shape index (κ3) is 3.87. The fraction of sp³-hybridized carbons (Fsp3) is 0.160. The molecule has 0 bridgehead atoms. The lowest BCUT2D eigenvalue weighted by Gasteiger charge is -2.18. The molecule has 160 valence electrons. The lowest BCUT2D eigenvalue weighted by Crippen LogP contribution is -2.23. The largest absolute Gasteiger partial charge is 0.457 e. The van der Waals surface area contributed by atoms with Crippen LogP contribution in [0.5, 0.6) is 0 Å². The summed E-state index contributed by atoms with van der Waals surface area (Å²) in [7, 11) is 0. The molecule has 0 aliphatic carbocycles. The Bertz CT molecular complexity index is 1540. The van der Waals surface area contributed by atoms with Crippen molar-refractivity contribution in [2.24, 2.45) is 0 Å². The van der Waals surface area contributed by atoms with Gasteiger partial charge in [-0.1, -0.05) is 80.1 Å². The summed E-state index contributed by atoms with van der Waals surface area (Å²) in [4.78, 5) is 18.0. The molecule has 0 spiro atoms. The molecule has 2 aromatic carbocycles. The Kier molecular flexibility index (Phi) is 4.99. The zero-order chi connectivity index (χ0) is 22.5. The number of hydrogen-bond donors (Lipinski definition) is 0. The van der Waals surface area contributed by atoms with Crippen molar-refractivity contribution in [3.05, 3.63) is 91.9 Å². The highest BCUT2D eigenvalue weighted by atomic mass is 35.5. The van der Waals surface area contributed by atoms with E-state index in [0.717, 1.165) is 11.1 Å². The maximum absolute atomic E-state index is 12.9. The monoisotopic (exact) mass is 461 g/mol. The first-order chi connectivity index (χ1) is 15.3. The van der Waals surface area contributed by atoms with Crippen LogP contribution >= 0.6 is 22.9 Å². The van der Waals surface area contributed by atoms with Crippen LogP contribution in [-0.4, -0.2) is 14.6 Å². The number of rotatable bonds is 3. The molecule has 0 aliphatic heterocycles. The molecule has 7 heteroatoms. The summed E-state index contributed by atoms with van der Waals surface area (Å²) in [6.45, 7) is 6.52. The number of furan rings is 1. The van der Waals surface area contributed by atoms with Crippen LogP contribution in [0.25, 0.3) is 33.7 Å². The first-order valence-corrected chi connectivity index (χ1v) is 11.4. The van der Waals surface area contributed by atoms with Gasteiger partial charge in [0.05, 0.1) is 0 Å². The second-order valence-corrected chi connectivity index (χ2v) is 10.0. The van der Waals surface area contributed by atoms with Crippen molar-refractivity contribution < 1.29 is 4.42 Å². The molecule has 0 amide bonds. The van der Waals surface area contributed by atoms with Gasteiger partial charge in [-0.3, -0.25) is 4.79 Å². The van der Waals surface area contributed by atoms with Gasteiger partial charge in [0.25, 0.3) is 5.56 Å². The number of halogens is 1. The van der Waals surface area contributed by atoms with Crippen LogP contribution in [0, 0.1) is 0 Å². The topological polar surface area (TPSA) is 60.4 Å². The maximum atomic E-state index is 12.9. The number of thiazole rings is 1. The highest BCUT2D eigenvalue weighted by Gasteiger charge is 2.16. The summed E-state index contributed by atoms with van der Waals surface area (Å²) >= 11 is 7.35. The molecular formula is C25H20ClN3O2S. The van der Waals surface area contributed by atoms with E-state index < -0.39 is 0 Å². The average molecular weight is 462 g/mol. The smallest absolute Gasteiger partial charge is 0.291 e. The standard InChI is InChI=1S/C25H20ClN3O2S/c1-25(2,3)17-9-7-15(8-10-17)22-27-24-29(28-22)23(30)21(32-24)14-19-11-12-20(31-19)16-5-4-6-18(26)13-16/h4-14H,1-3H3. The number of hydrogen-bond acceptors (Lipinski definition) is 5. The van der Waals surface area contributed by atoms with E-state index in [4.69, 9.17) is 16.0 Å². The van der Waals surface area contributed by atoms with Crippen LogP contribution in [0.15, 0.2) is 69.9 Å². The third-order valence-corrected chi connectivity index (χ3v) is 6.39. The van der Waals surface area contributed by atoms with Crippen LogP contribution in [0.3, 0.4) is 0 Å². The van der Waals surface area contributed by atoms with Gasteiger partial charge >= 0.3 is 0 Å². The van der Waals surface area contributed by atoms with Crippen molar-refractivity contribution >= 4 is 34.0 Å². The van der Waals surface area contributed by atoms with Gasteiger partial charge in [-0.05, 0) is 35.2 Å². The minimum absolute atomic E-state index is 0.0753. The van der Waals surface area contributed by atoms with Crippen molar-refractivity contribution in [1.82, 2.24) is 14.6 Å². The molecule has 5 aromatic rings. The van der Waals surface area contributed by atoms with E-state index in [1.807, 2.05) is 48.5 Å². The van der Waals surface area contributed by atoms with Crippen molar-refractivity contribution in [3.63, 3.8) is 0 Å². The van der Waals surface area contributed by atoms with Crippen molar-refractivity contribution in [3.8, 4) is 22.7 Å². The summed E-state index contributed by atoms with van der Waals surface area (Å²) < 4.78 is 7.76. The zero-order valence-electron chi connectivity index (χ0n) is 17.8. The highest BCUT2D eigenvalue weighted by molar-refractivity contribution is 7.15. The van der Waals surface area contributed by atoms with Gasteiger partial charge in [-0.2, -0.15) is 9.50 Å². The Labute approximate surface area is 193 Å². The lowest BCUT2D eigenvalue weighted by atomic mass is 9.87. The van der Waals surface area contributed by atoms with Crippen LogP contribution in [0.2, 0.25) is 5.02 Å². The molecule has 0 fully saturated rings. The average Bonchev–Trinajstić information content (AvgIpc) is 3.45. The Morgan fingerprint density at radius 1 is 1.03 bits per heavy atom. The van der Waals surface area contributed by atoms with Crippen LogP contribution in [-0.2, 0) is 5.41 Å². The molecule has 0 saturated heterocycles. The lowest BCUT2D eigenvalue weighted by molar-refractivity contribution is 0.571. The third-order valence-electron chi connectivity index (χ3n) is 5.20. The first kappa shape index (κ1) is 20.7. The van der Waals surface area contributed by atoms with E-state index in [0.29, 0.717) is 31.9 Å². The second-order valence-electron chi connectivity index (χ2n) is 8.59. The fourth-order valence-corrected chi connectivity index (χ4v) is 4.51. The molecular weight excluding hydrogens is 442 g/mol. The molecule has 32 heavy (non-hydrogen) atoms. The molecule has 0 radical (unpaired) electrons. The number of nitrogens with zero attached hydrogens (tertiary/aromatic N) is 3. The minimum atomic E-state index is -0.212. The van der Waals surface area contributed by atoms with E-state index in [1.54, 1.807) is 6.08 Å². The van der Waals surface area contributed by atoms with E-state index >= 15 is 0 Å². The summed E-state index contributed by atoms with van der Waals surface area (Å²) in [6, 6.07) is 19.3. The summed E-state index contributed by atoms with van der Waals surface area (Å²) in [5.41, 5.74) is 2.86. The van der Waals surface area contributed by atoms with E-state index in [-0.39, 0.29) is 11.0 Å². The van der Waals surface area contributed by atoms with Gasteiger partial charge in [-0.25, -0.2) is 0 Å². The van der Waals surface area contributed by atoms with Gasteiger partial charge in [0, 0.05) is 22.2 Å². The quantitative estimate of drug-likeness (QED) is 0.352. The van der Waals surface area contributed by atoms with Gasteiger partial charge < -0.3 is 4.42 Å². The Hall–Kier alpha value is -3.22. The molecule has 0 unspecified atom stereocenters.